The molecule has 0 unspecified atom stereocenters. The average molecular weight is 429 g/mol. The molecule has 2 aliphatic rings. The van der Waals surface area contributed by atoms with Crippen LogP contribution in [0.3, 0.4) is 0 Å². The number of rotatable bonds is 8. The number of likely N-dealkylation sites (tertiary alicyclic amines) is 1. The van der Waals surface area contributed by atoms with E-state index < -0.39 is 0 Å². The molecule has 0 amide bonds. The van der Waals surface area contributed by atoms with Gasteiger partial charge in [-0.2, -0.15) is 11.8 Å². The summed E-state index contributed by atoms with van der Waals surface area (Å²) in [5.41, 5.74) is 3.08. The number of hydrogen-bond donors (Lipinski definition) is 2. The van der Waals surface area contributed by atoms with Crippen molar-refractivity contribution in [1.82, 2.24) is 14.9 Å². The summed E-state index contributed by atoms with van der Waals surface area (Å²) in [4.78, 5) is 22.1. The van der Waals surface area contributed by atoms with Crippen molar-refractivity contribution >= 4 is 17.7 Å². The van der Waals surface area contributed by atoms with Gasteiger partial charge in [-0.15, -0.1) is 0 Å². The Balaban J connectivity index is 1.20. The van der Waals surface area contributed by atoms with Gasteiger partial charge in [0.15, 0.2) is 0 Å². The normalized spacial score (nSPS) is 17.5. The Morgan fingerprint density at radius 2 is 2.20 bits per heavy atom. The number of aromatic nitrogens is 2. The molecule has 7 heteroatoms. The first-order valence-corrected chi connectivity index (χ1v) is 12.2. The van der Waals surface area contributed by atoms with E-state index in [1.807, 2.05) is 6.07 Å². The fraction of sp³-hybridized carbons (Fsp3) is 0.565. The topological polar surface area (TPSA) is 70.2 Å². The molecule has 1 fully saturated rings. The van der Waals surface area contributed by atoms with Crippen molar-refractivity contribution in [3.63, 3.8) is 0 Å². The van der Waals surface area contributed by atoms with Crippen molar-refractivity contribution < 1.29 is 4.74 Å². The number of aryl methyl sites for hydroxylation is 1. The third-order valence-corrected chi connectivity index (χ3v) is 6.88. The molecule has 162 valence electrons. The van der Waals surface area contributed by atoms with Crippen LogP contribution in [-0.2, 0) is 18.7 Å². The quantitative estimate of drug-likeness (QED) is 0.625. The molecule has 2 aromatic rings. The molecular formula is C23H32N4O2S. The van der Waals surface area contributed by atoms with Crippen LogP contribution in [0.5, 0.6) is 5.75 Å². The maximum absolute atomic E-state index is 12.2. The maximum Gasteiger partial charge on any atom is 0.256 e. The molecule has 6 nitrogen and oxygen atoms in total. The summed E-state index contributed by atoms with van der Waals surface area (Å²) >= 11 is 1.79. The standard InChI is InChI=1S/C23H32N4O2S/c1-17-6-10-27(11-7-17)15-18-4-2-5-19(14-18)29-12-3-9-24-23-25-21-8-13-30-16-20(21)22(28)26-23/h2,4-5,14,17H,3,6-13,15-16H2,1H3,(H2,24,25,26,28). The van der Waals surface area contributed by atoms with Gasteiger partial charge in [-0.1, -0.05) is 19.1 Å². The number of hydrogen-bond acceptors (Lipinski definition) is 6. The van der Waals surface area contributed by atoms with E-state index in [-0.39, 0.29) is 5.56 Å². The lowest BCUT2D eigenvalue weighted by Crippen LogP contribution is -2.32. The van der Waals surface area contributed by atoms with Gasteiger partial charge in [0.1, 0.15) is 5.75 Å². The van der Waals surface area contributed by atoms with Crippen LogP contribution >= 0.6 is 11.8 Å². The molecular weight excluding hydrogens is 396 g/mol. The molecule has 1 saturated heterocycles. The summed E-state index contributed by atoms with van der Waals surface area (Å²) in [7, 11) is 0. The highest BCUT2D eigenvalue weighted by atomic mass is 32.2. The molecule has 0 aliphatic carbocycles. The lowest BCUT2D eigenvalue weighted by Gasteiger charge is -2.30. The Labute approximate surface area is 182 Å². The predicted octanol–water partition coefficient (Wildman–Crippen LogP) is 3.67. The van der Waals surface area contributed by atoms with Gasteiger partial charge < -0.3 is 10.1 Å². The monoisotopic (exact) mass is 428 g/mol. The van der Waals surface area contributed by atoms with E-state index in [1.54, 1.807) is 11.8 Å². The summed E-state index contributed by atoms with van der Waals surface area (Å²) in [6.07, 6.45) is 4.30. The lowest BCUT2D eigenvalue weighted by molar-refractivity contribution is 0.185. The van der Waals surface area contributed by atoms with Gasteiger partial charge in [0.25, 0.3) is 5.56 Å². The number of piperidine rings is 1. The molecule has 30 heavy (non-hydrogen) atoms. The van der Waals surface area contributed by atoms with E-state index in [2.05, 4.69) is 45.3 Å². The van der Waals surface area contributed by atoms with Gasteiger partial charge in [-0.05, 0) is 68.1 Å². The highest BCUT2D eigenvalue weighted by Crippen LogP contribution is 2.21. The highest BCUT2D eigenvalue weighted by molar-refractivity contribution is 7.98. The minimum atomic E-state index is -0.00840. The first kappa shape index (κ1) is 21.2. The molecule has 2 aliphatic heterocycles. The molecule has 2 N–H and O–H groups in total. The Hall–Kier alpha value is -1.99. The van der Waals surface area contributed by atoms with Crippen molar-refractivity contribution in [3.8, 4) is 5.75 Å². The predicted molar refractivity (Wildman–Crippen MR) is 123 cm³/mol. The summed E-state index contributed by atoms with van der Waals surface area (Å²) < 4.78 is 5.95. The second-order valence-electron chi connectivity index (χ2n) is 8.38. The average Bonchev–Trinajstić information content (AvgIpc) is 2.76. The molecule has 4 rings (SSSR count). The molecule has 0 radical (unpaired) electrons. The summed E-state index contributed by atoms with van der Waals surface area (Å²) in [5.74, 6) is 4.16. The summed E-state index contributed by atoms with van der Waals surface area (Å²) in [6.45, 7) is 7.07. The number of anilines is 1. The van der Waals surface area contributed by atoms with Gasteiger partial charge in [-0.3, -0.25) is 14.7 Å². The fourth-order valence-electron chi connectivity index (χ4n) is 4.01. The Morgan fingerprint density at radius 3 is 3.07 bits per heavy atom. The minimum absolute atomic E-state index is 0.00840. The molecule has 0 bridgehead atoms. The van der Waals surface area contributed by atoms with E-state index in [4.69, 9.17) is 4.74 Å². The van der Waals surface area contributed by atoms with Crippen LogP contribution in [0.25, 0.3) is 0 Å². The minimum Gasteiger partial charge on any atom is -0.494 e. The number of nitrogens with one attached hydrogen (secondary N) is 2. The van der Waals surface area contributed by atoms with Crippen molar-refractivity contribution in [2.75, 3.05) is 37.3 Å². The number of thioether (sulfide) groups is 1. The second kappa shape index (κ2) is 10.4. The van der Waals surface area contributed by atoms with Gasteiger partial charge in [0.2, 0.25) is 5.95 Å². The van der Waals surface area contributed by atoms with E-state index in [1.165, 1.54) is 31.5 Å². The number of fused-ring (bicyclic) bond motifs is 1. The zero-order valence-corrected chi connectivity index (χ0v) is 18.6. The molecule has 0 saturated carbocycles. The van der Waals surface area contributed by atoms with Crippen LogP contribution in [-0.4, -0.2) is 46.9 Å². The van der Waals surface area contributed by atoms with Gasteiger partial charge in [-0.25, -0.2) is 4.98 Å². The number of ether oxygens (including phenoxy) is 1. The van der Waals surface area contributed by atoms with Crippen LogP contribution < -0.4 is 15.6 Å². The van der Waals surface area contributed by atoms with Gasteiger partial charge in [0.05, 0.1) is 12.3 Å². The Kier molecular flexibility index (Phi) is 7.33. The number of aromatic amines is 1. The van der Waals surface area contributed by atoms with E-state index >= 15 is 0 Å². The summed E-state index contributed by atoms with van der Waals surface area (Å²) in [5, 5.41) is 3.23. The number of H-pyrrole nitrogens is 1. The highest BCUT2D eigenvalue weighted by Gasteiger charge is 2.16. The Bertz CT molecular complexity index is 893. The van der Waals surface area contributed by atoms with Crippen LogP contribution in [0.4, 0.5) is 5.95 Å². The zero-order chi connectivity index (χ0) is 20.8. The van der Waals surface area contributed by atoms with Gasteiger partial charge >= 0.3 is 0 Å². The van der Waals surface area contributed by atoms with Crippen molar-refractivity contribution in [3.05, 3.63) is 51.4 Å². The largest absolute Gasteiger partial charge is 0.494 e. The maximum atomic E-state index is 12.2. The van der Waals surface area contributed by atoms with Crippen LogP contribution in [0.1, 0.15) is 43.0 Å². The van der Waals surface area contributed by atoms with Crippen molar-refractivity contribution in [1.29, 1.82) is 0 Å². The molecule has 0 atom stereocenters. The molecule has 1 aromatic carbocycles. The van der Waals surface area contributed by atoms with Crippen molar-refractivity contribution in [2.45, 2.75) is 44.9 Å². The zero-order valence-electron chi connectivity index (χ0n) is 17.8. The van der Waals surface area contributed by atoms with E-state index in [0.717, 1.165) is 53.8 Å². The Morgan fingerprint density at radius 1 is 1.33 bits per heavy atom. The smallest absolute Gasteiger partial charge is 0.256 e. The summed E-state index contributed by atoms with van der Waals surface area (Å²) in [6, 6.07) is 8.44. The fourth-order valence-corrected chi connectivity index (χ4v) is 4.99. The molecule has 1 aromatic heterocycles. The second-order valence-corrected chi connectivity index (χ2v) is 9.48. The lowest BCUT2D eigenvalue weighted by atomic mass is 9.99. The number of benzene rings is 1. The van der Waals surface area contributed by atoms with Gasteiger partial charge in [0, 0.05) is 24.4 Å². The van der Waals surface area contributed by atoms with Crippen molar-refractivity contribution in [2.24, 2.45) is 5.92 Å². The number of nitrogens with zero attached hydrogens (tertiary/aromatic N) is 2. The third-order valence-electron chi connectivity index (χ3n) is 5.89. The first-order valence-electron chi connectivity index (χ1n) is 11.0. The molecule has 3 heterocycles. The van der Waals surface area contributed by atoms with Crippen LogP contribution in [0.2, 0.25) is 0 Å². The van der Waals surface area contributed by atoms with E-state index in [9.17, 15) is 4.79 Å². The first-order chi connectivity index (χ1) is 14.7. The van der Waals surface area contributed by atoms with Crippen LogP contribution in [0, 0.1) is 5.92 Å². The SMILES string of the molecule is CC1CCN(Cc2cccc(OCCCNc3nc4c(c(=O)[nH]3)CSCC4)c2)CC1. The van der Waals surface area contributed by atoms with E-state index in [0.29, 0.717) is 19.1 Å². The van der Waals surface area contributed by atoms with Crippen LogP contribution in [0.15, 0.2) is 29.1 Å². The third kappa shape index (κ3) is 5.79. The molecule has 0 spiro atoms.